The summed E-state index contributed by atoms with van der Waals surface area (Å²) in [5, 5.41) is 8.90. The van der Waals surface area contributed by atoms with Gasteiger partial charge in [-0.05, 0) is 23.6 Å². The van der Waals surface area contributed by atoms with Crippen LogP contribution in [0, 0.1) is 11.3 Å². The van der Waals surface area contributed by atoms with Crippen molar-refractivity contribution in [1.82, 2.24) is 4.98 Å². The molecule has 0 saturated carbocycles. The van der Waals surface area contributed by atoms with Gasteiger partial charge < -0.3 is 4.74 Å². The Morgan fingerprint density at radius 1 is 1.50 bits per heavy atom. The summed E-state index contributed by atoms with van der Waals surface area (Å²) in [6.07, 6.45) is 6.22. The van der Waals surface area contributed by atoms with Crippen molar-refractivity contribution in [2.24, 2.45) is 0 Å². The SMILES string of the molecule is N#Cc1cnccc1C1=CCOCC1. The van der Waals surface area contributed by atoms with Crippen LogP contribution >= 0.6 is 0 Å². The first kappa shape index (κ1) is 8.92. The summed E-state index contributed by atoms with van der Waals surface area (Å²) in [4.78, 5) is 3.93. The molecule has 0 radical (unpaired) electrons. The molecular weight excluding hydrogens is 176 g/mol. The van der Waals surface area contributed by atoms with E-state index in [0.29, 0.717) is 12.2 Å². The minimum Gasteiger partial charge on any atom is -0.377 e. The summed E-state index contributed by atoms with van der Waals surface area (Å²) in [7, 11) is 0. The van der Waals surface area contributed by atoms with Crippen molar-refractivity contribution < 1.29 is 4.74 Å². The Morgan fingerprint density at radius 2 is 2.43 bits per heavy atom. The summed E-state index contributed by atoms with van der Waals surface area (Å²) < 4.78 is 5.22. The maximum absolute atomic E-state index is 8.90. The van der Waals surface area contributed by atoms with Gasteiger partial charge in [-0.3, -0.25) is 4.98 Å². The van der Waals surface area contributed by atoms with Crippen LogP contribution in [0.4, 0.5) is 0 Å². The number of aromatic nitrogens is 1. The molecule has 0 aromatic carbocycles. The number of nitriles is 1. The van der Waals surface area contributed by atoms with E-state index in [4.69, 9.17) is 10.00 Å². The fraction of sp³-hybridized carbons (Fsp3) is 0.273. The highest BCUT2D eigenvalue weighted by molar-refractivity contribution is 5.70. The highest BCUT2D eigenvalue weighted by atomic mass is 16.5. The van der Waals surface area contributed by atoms with Crippen LogP contribution in [-0.4, -0.2) is 18.2 Å². The monoisotopic (exact) mass is 186 g/mol. The number of ether oxygens (including phenoxy) is 1. The molecule has 0 saturated heterocycles. The molecule has 2 rings (SSSR count). The van der Waals surface area contributed by atoms with Gasteiger partial charge in [-0.1, -0.05) is 6.08 Å². The second-order valence-electron chi connectivity index (χ2n) is 3.09. The quantitative estimate of drug-likeness (QED) is 0.671. The summed E-state index contributed by atoms with van der Waals surface area (Å²) in [6, 6.07) is 4.03. The Labute approximate surface area is 82.7 Å². The van der Waals surface area contributed by atoms with Gasteiger partial charge in [-0.15, -0.1) is 0 Å². The van der Waals surface area contributed by atoms with Gasteiger partial charge in [0.15, 0.2) is 0 Å². The van der Waals surface area contributed by atoms with Crippen LogP contribution in [0.1, 0.15) is 17.5 Å². The lowest BCUT2D eigenvalue weighted by Gasteiger charge is -2.14. The molecular formula is C11H10N2O. The standard InChI is InChI=1S/C11H10N2O/c12-7-10-8-13-4-1-11(10)9-2-5-14-6-3-9/h1-2,4,8H,3,5-6H2. The molecule has 1 aromatic rings. The van der Waals surface area contributed by atoms with Gasteiger partial charge in [0.25, 0.3) is 0 Å². The van der Waals surface area contributed by atoms with Crippen LogP contribution in [0.25, 0.3) is 5.57 Å². The van der Waals surface area contributed by atoms with Gasteiger partial charge in [-0.25, -0.2) is 0 Å². The van der Waals surface area contributed by atoms with Gasteiger partial charge in [0.1, 0.15) is 6.07 Å². The molecule has 0 N–H and O–H groups in total. The average molecular weight is 186 g/mol. The summed E-state index contributed by atoms with van der Waals surface area (Å²) in [5.74, 6) is 0. The van der Waals surface area contributed by atoms with Crippen molar-refractivity contribution in [3.8, 4) is 6.07 Å². The number of hydrogen-bond donors (Lipinski definition) is 0. The Kier molecular flexibility index (Phi) is 2.57. The Morgan fingerprint density at radius 3 is 3.14 bits per heavy atom. The van der Waals surface area contributed by atoms with Crippen LogP contribution in [0.2, 0.25) is 0 Å². The first-order valence-electron chi connectivity index (χ1n) is 4.53. The van der Waals surface area contributed by atoms with Gasteiger partial charge in [-0.2, -0.15) is 5.26 Å². The molecule has 0 bridgehead atoms. The molecule has 1 aromatic heterocycles. The summed E-state index contributed by atoms with van der Waals surface area (Å²) >= 11 is 0. The van der Waals surface area contributed by atoms with Crippen molar-refractivity contribution in [1.29, 1.82) is 5.26 Å². The van der Waals surface area contributed by atoms with E-state index in [9.17, 15) is 0 Å². The van der Waals surface area contributed by atoms with Crippen LogP contribution in [-0.2, 0) is 4.74 Å². The fourth-order valence-corrected chi connectivity index (χ4v) is 1.54. The van der Waals surface area contributed by atoms with E-state index in [0.717, 1.165) is 18.6 Å². The molecule has 0 unspecified atom stereocenters. The van der Waals surface area contributed by atoms with Crippen molar-refractivity contribution in [2.45, 2.75) is 6.42 Å². The Balaban J connectivity index is 2.40. The molecule has 0 spiro atoms. The van der Waals surface area contributed by atoms with Crippen molar-refractivity contribution in [3.05, 3.63) is 35.7 Å². The average Bonchev–Trinajstić information content (AvgIpc) is 2.30. The predicted octanol–water partition coefficient (Wildman–Crippen LogP) is 1.76. The van der Waals surface area contributed by atoms with E-state index < -0.39 is 0 Å². The zero-order valence-corrected chi connectivity index (χ0v) is 7.73. The molecule has 1 aliphatic rings. The topological polar surface area (TPSA) is 45.9 Å². The second-order valence-corrected chi connectivity index (χ2v) is 3.09. The van der Waals surface area contributed by atoms with E-state index in [1.807, 2.05) is 12.1 Å². The van der Waals surface area contributed by atoms with E-state index in [2.05, 4.69) is 11.1 Å². The maximum Gasteiger partial charge on any atom is 0.101 e. The Bertz CT molecular complexity index is 404. The van der Waals surface area contributed by atoms with E-state index in [-0.39, 0.29) is 0 Å². The number of pyridine rings is 1. The second kappa shape index (κ2) is 4.03. The van der Waals surface area contributed by atoms with Crippen LogP contribution < -0.4 is 0 Å². The van der Waals surface area contributed by atoms with Gasteiger partial charge in [0.2, 0.25) is 0 Å². The van der Waals surface area contributed by atoms with Crippen molar-refractivity contribution in [3.63, 3.8) is 0 Å². The minimum atomic E-state index is 0.639. The van der Waals surface area contributed by atoms with E-state index in [1.54, 1.807) is 12.4 Å². The van der Waals surface area contributed by atoms with Crippen molar-refractivity contribution >= 4 is 5.57 Å². The first-order valence-corrected chi connectivity index (χ1v) is 4.53. The Hall–Kier alpha value is -1.66. The molecule has 0 amide bonds. The van der Waals surface area contributed by atoms with E-state index >= 15 is 0 Å². The third kappa shape index (κ3) is 1.66. The highest BCUT2D eigenvalue weighted by Crippen LogP contribution is 2.23. The van der Waals surface area contributed by atoms with Gasteiger partial charge in [0, 0.05) is 12.4 Å². The summed E-state index contributed by atoms with van der Waals surface area (Å²) in [6.45, 7) is 1.38. The fourth-order valence-electron chi connectivity index (χ4n) is 1.54. The molecule has 2 heterocycles. The molecule has 14 heavy (non-hydrogen) atoms. The van der Waals surface area contributed by atoms with Gasteiger partial charge >= 0.3 is 0 Å². The largest absolute Gasteiger partial charge is 0.377 e. The first-order chi connectivity index (χ1) is 6.92. The molecule has 1 aliphatic heterocycles. The van der Waals surface area contributed by atoms with Crippen LogP contribution in [0.3, 0.4) is 0 Å². The lowest BCUT2D eigenvalue weighted by atomic mass is 9.99. The van der Waals surface area contributed by atoms with Gasteiger partial charge in [0.05, 0.1) is 18.8 Å². The molecule has 70 valence electrons. The van der Waals surface area contributed by atoms with Crippen molar-refractivity contribution in [2.75, 3.05) is 13.2 Å². The van der Waals surface area contributed by atoms with Crippen LogP contribution in [0.5, 0.6) is 0 Å². The third-order valence-corrected chi connectivity index (χ3v) is 2.25. The number of hydrogen-bond acceptors (Lipinski definition) is 3. The maximum atomic E-state index is 8.90. The molecule has 3 nitrogen and oxygen atoms in total. The number of nitrogens with zero attached hydrogens (tertiary/aromatic N) is 2. The minimum absolute atomic E-state index is 0.639. The highest BCUT2D eigenvalue weighted by Gasteiger charge is 2.09. The zero-order valence-electron chi connectivity index (χ0n) is 7.73. The summed E-state index contributed by atoms with van der Waals surface area (Å²) in [5.41, 5.74) is 2.82. The zero-order chi connectivity index (χ0) is 9.80. The smallest absolute Gasteiger partial charge is 0.101 e. The molecule has 0 atom stereocenters. The molecule has 3 heteroatoms. The van der Waals surface area contributed by atoms with E-state index in [1.165, 1.54) is 5.57 Å². The lowest BCUT2D eigenvalue weighted by molar-refractivity contribution is 0.161. The number of rotatable bonds is 1. The predicted molar refractivity (Wildman–Crippen MR) is 52.4 cm³/mol. The third-order valence-electron chi connectivity index (χ3n) is 2.25. The molecule has 0 aliphatic carbocycles. The normalized spacial score (nSPS) is 15.8. The lowest BCUT2D eigenvalue weighted by Crippen LogP contribution is -2.04. The molecule has 0 fully saturated rings. The van der Waals surface area contributed by atoms with Crippen LogP contribution in [0.15, 0.2) is 24.5 Å².